The van der Waals surface area contributed by atoms with Crippen molar-refractivity contribution in [2.75, 3.05) is 6.54 Å². The van der Waals surface area contributed by atoms with Gasteiger partial charge in [0.1, 0.15) is 5.01 Å². The summed E-state index contributed by atoms with van der Waals surface area (Å²) in [6, 6.07) is 15.9. The van der Waals surface area contributed by atoms with Crippen LogP contribution in [0.5, 0.6) is 0 Å². The van der Waals surface area contributed by atoms with Crippen LogP contribution in [-0.2, 0) is 17.9 Å². The molecule has 1 amide bonds. The van der Waals surface area contributed by atoms with E-state index < -0.39 is 0 Å². The summed E-state index contributed by atoms with van der Waals surface area (Å²) >= 11 is 1.68. The first-order chi connectivity index (χ1) is 14.7. The molecular weight excluding hydrogens is 396 g/mol. The first-order valence-corrected chi connectivity index (χ1v) is 11.3. The van der Waals surface area contributed by atoms with Gasteiger partial charge in [0, 0.05) is 26.1 Å². The van der Waals surface area contributed by atoms with E-state index in [1.165, 1.54) is 0 Å². The Bertz CT molecular complexity index is 1250. The van der Waals surface area contributed by atoms with Crippen molar-refractivity contribution in [2.24, 2.45) is 0 Å². The normalized spacial score (nSPS) is 16.7. The number of aromatic nitrogens is 3. The smallest absolute Gasteiger partial charge is 0.329 e. The van der Waals surface area contributed by atoms with Gasteiger partial charge in [-0.15, -0.1) is 11.3 Å². The van der Waals surface area contributed by atoms with Crippen LogP contribution in [0.1, 0.15) is 37.2 Å². The fourth-order valence-corrected chi connectivity index (χ4v) is 5.62. The fraction of sp³-hybridized carbons (Fsp3) is 0.348. The van der Waals surface area contributed by atoms with Crippen molar-refractivity contribution in [3.05, 3.63) is 64.0 Å². The number of carbonyl (C=O) groups is 1. The highest BCUT2D eigenvalue weighted by Crippen LogP contribution is 2.36. The Morgan fingerprint density at radius 2 is 1.83 bits per heavy atom. The molecule has 0 bridgehead atoms. The van der Waals surface area contributed by atoms with E-state index in [0.29, 0.717) is 19.5 Å². The molecule has 1 aliphatic rings. The highest BCUT2D eigenvalue weighted by molar-refractivity contribution is 7.18. The molecule has 5 rings (SSSR count). The minimum atomic E-state index is -0.0457. The lowest BCUT2D eigenvalue weighted by Gasteiger charge is -2.23. The molecule has 1 aliphatic heterocycles. The van der Waals surface area contributed by atoms with Gasteiger partial charge in [0.15, 0.2) is 0 Å². The molecule has 7 heteroatoms. The van der Waals surface area contributed by atoms with Crippen molar-refractivity contribution in [1.29, 1.82) is 0 Å². The Morgan fingerprint density at radius 1 is 1.10 bits per heavy atom. The number of rotatable bonds is 5. The second-order valence-electron chi connectivity index (χ2n) is 7.68. The molecule has 0 saturated carbocycles. The highest BCUT2D eigenvalue weighted by atomic mass is 32.1. The predicted molar refractivity (Wildman–Crippen MR) is 120 cm³/mol. The molecule has 0 spiro atoms. The number of aryl methyl sites for hydroxylation is 2. The predicted octanol–water partition coefficient (Wildman–Crippen LogP) is 4.19. The van der Waals surface area contributed by atoms with Gasteiger partial charge in [-0.1, -0.05) is 24.3 Å². The molecule has 1 saturated heterocycles. The van der Waals surface area contributed by atoms with Gasteiger partial charge >= 0.3 is 5.69 Å². The zero-order chi connectivity index (χ0) is 20.7. The van der Waals surface area contributed by atoms with E-state index in [2.05, 4.69) is 6.07 Å². The average Bonchev–Trinajstić information content (AvgIpc) is 3.47. The number of carbonyl (C=O) groups excluding carboxylic acids is 1. The van der Waals surface area contributed by atoms with Crippen LogP contribution in [0.25, 0.3) is 21.3 Å². The summed E-state index contributed by atoms with van der Waals surface area (Å²) in [6.45, 7) is 3.74. The molecule has 3 heterocycles. The SMILES string of the molecule is CCn1c(=O)n(CCC(=O)N2CCCC2c2nc3ccccc3s2)c2ccccc21. The second kappa shape index (κ2) is 7.72. The van der Waals surface area contributed by atoms with Gasteiger partial charge in [-0.3, -0.25) is 13.9 Å². The number of hydrogen-bond donors (Lipinski definition) is 0. The van der Waals surface area contributed by atoms with Crippen molar-refractivity contribution in [2.45, 2.75) is 45.3 Å². The topological polar surface area (TPSA) is 60.1 Å². The maximum absolute atomic E-state index is 13.1. The summed E-state index contributed by atoms with van der Waals surface area (Å²) in [5.41, 5.74) is 2.76. The number of para-hydroxylation sites is 3. The first-order valence-electron chi connectivity index (χ1n) is 10.5. The lowest BCUT2D eigenvalue weighted by atomic mass is 10.2. The highest BCUT2D eigenvalue weighted by Gasteiger charge is 2.32. The lowest BCUT2D eigenvalue weighted by Crippen LogP contribution is -2.32. The van der Waals surface area contributed by atoms with Crippen molar-refractivity contribution in [3.63, 3.8) is 0 Å². The molecular formula is C23H24N4O2S. The van der Waals surface area contributed by atoms with Gasteiger partial charge in [0.2, 0.25) is 5.91 Å². The molecule has 0 N–H and O–H groups in total. The number of likely N-dealkylation sites (tertiary alicyclic amines) is 1. The van der Waals surface area contributed by atoms with Gasteiger partial charge in [0.25, 0.3) is 0 Å². The molecule has 1 fully saturated rings. The molecule has 6 nitrogen and oxygen atoms in total. The maximum atomic E-state index is 13.1. The molecule has 2 aromatic heterocycles. The molecule has 30 heavy (non-hydrogen) atoms. The van der Waals surface area contributed by atoms with Crippen LogP contribution in [-0.4, -0.2) is 31.5 Å². The van der Waals surface area contributed by atoms with Crippen LogP contribution in [0.4, 0.5) is 0 Å². The van der Waals surface area contributed by atoms with Crippen molar-refractivity contribution in [3.8, 4) is 0 Å². The Labute approximate surface area is 178 Å². The molecule has 0 radical (unpaired) electrons. The average molecular weight is 421 g/mol. The Hall–Kier alpha value is -2.93. The minimum Gasteiger partial charge on any atom is -0.333 e. The number of hydrogen-bond acceptors (Lipinski definition) is 4. The van der Waals surface area contributed by atoms with Gasteiger partial charge < -0.3 is 4.90 Å². The van der Waals surface area contributed by atoms with E-state index in [1.54, 1.807) is 20.5 Å². The molecule has 1 atom stereocenters. The fourth-order valence-electron chi connectivity index (χ4n) is 4.50. The van der Waals surface area contributed by atoms with Crippen molar-refractivity contribution >= 4 is 38.5 Å². The van der Waals surface area contributed by atoms with Crippen molar-refractivity contribution in [1.82, 2.24) is 19.0 Å². The zero-order valence-electron chi connectivity index (χ0n) is 17.0. The summed E-state index contributed by atoms with van der Waals surface area (Å²) in [5.74, 6) is 0.0944. The molecule has 1 unspecified atom stereocenters. The van der Waals surface area contributed by atoms with Gasteiger partial charge in [0.05, 0.1) is 27.3 Å². The Morgan fingerprint density at radius 3 is 2.60 bits per heavy atom. The van der Waals surface area contributed by atoms with Crippen LogP contribution in [0.3, 0.4) is 0 Å². The maximum Gasteiger partial charge on any atom is 0.329 e. The lowest BCUT2D eigenvalue weighted by molar-refractivity contribution is -0.132. The third-order valence-electron chi connectivity index (χ3n) is 5.96. The van der Waals surface area contributed by atoms with E-state index in [9.17, 15) is 9.59 Å². The number of nitrogens with zero attached hydrogens (tertiary/aromatic N) is 4. The summed E-state index contributed by atoms with van der Waals surface area (Å²) < 4.78 is 4.66. The molecule has 154 valence electrons. The number of imidazole rings is 1. The standard InChI is InChI=1S/C23H24N4O2S/c1-2-25-17-9-4-5-10-18(17)27(23(25)29)15-13-21(28)26-14-7-11-19(26)22-24-16-8-3-6-12-20(16)30-22/h3-6,8-10,12,19H,2,7,11,13-15H2,1H3. The summed E-state index contributed by atoms with van der Waals surface area (Å²) in [7, 11) is 0. The molecule has 4 aromatic rings. The van der Waals surface area contributed by atoms with E-state index in [1.807, 2.05) is 54.3 Å². The third kappa shape index (κ3) is 3.13. The number of thiazole rings is 1. The largest absolute Gasteiger partial charge is 0.333 e. The van der Waals surface area contributed by atoms with Crippen LogP contribution < -0.4 is 5.69 Å². The summed E-state index contributed by atoms with van der Waals surface area (Å²) in [6.07, 6.45) is 2.25. The second-order valence-corrected chi connectivity index (χ2v) is 8.74. The quantitative estimate of drug-likeness (QED) is 0.486. The van der Waals surface area contributed by atoms with Crippen LogP contribution in [0.15, 0.2) is 53.3 Å². The third-order valence-corrected chi connectivity index (χ3v) is 7.10. The van der Waals surface area contributed by atoms with E-state index in [0.717, 1.165) is 45.6 Å². The van der Waals surface area contributed by atoms with E-state index in [-0.39, 0.29) is 17.6 Å². The van der Waals surface area contributed by atoms with E-state index >= 15 is 0 Å². The number of benzene rings is 2. The Kier molecular flexibility index (Phi) is 4.90. The van der Waals surface area contributed by atoms with Gasteiger partial charge in [-0.05, 0) is 44.0 Å². The monoisotopic (exact) mass is 420 g/mol. The number of fused-ring (bicyclic) bond motifs is 2. The Balaban J connectivity index is 1.37. The first kappa shape index (κ1) is 19.1. The summed E-state index contributed by atoms with van der Waals surface area (Å²) in [4.78, 5) is 32.7. The van der Waals surface area contributed by atoms with Crippen LogP contribution >= 0.6 is 11.3 Å². The van der Waals surface area contributed by atoms with Crippen LogP contribution in [0, 0.1) is 0 Å². The minimum absolute atomic E-state index is 0.0450. The van der Waals surface area contributed by atoms with Crippen molar-refractivity contribution < 1.29 is 4.79 Å². The van der Waals surface area contributed by atoms with Crippen LogP contribution in [0.2, 0.25) is 0 Å². The number of amides is 1. The van der Waals surface area contributed by atoms with Gasteiger partial charge in [-0.25, -0.2) is 9.78 Å². The molecule has 0 aliphatic carbocycles. The summed E-state index contributed by atoms with van der Waals surface area (Å²) in [5, 5.41) is 1.02. The zero-order valence-corrected chi connectivity index (χ0v) is 17.8. The van der Waals surface area contributed by atoms with Gasteiger partial charge in [-0.2, -0.15) is 0 Å². The van der Waals surface area contributed by atoms with E-state index in [4.69, 9.17) is 4.98 Å². The molecule has 2 aromatic carbocycles.